The molecule has 0 saturated heterocycles. The van der Waals surface area contributed by atoms with Crippen LogP contribution in [-0.2, 0) is 6.42 Å². The van der Waals surface area contributed by atoms with Gasteiger partial charge in [-0.1, -0.05) is 6.92 Å². The van der Waals surface area contributed by atoms with Crippen molar-refractivity contribution in [1.29, 1.82) is 0 Å². The third-order valence-corrected chi connectivity index (χ3v) is 1.83. The molecule has 0 radical (unpaired) electrons. The van der Waals surface area contributed by atoms with Crippen LogP contribution in [0.5, 0.6) is 0 Å². The summed E-state index contributed by atoms with van der Waals surface area (Å²) < 4.78 is 0. The highest BCUT2D eigenvalue weighted by Gasteiger charge is 2.09. The Morgan fingerprint density at radius 3 is 2.91 bits per heavy atom. The maximum atomic E-state index is 9.39. The van der Waals surface area contributed by atoms with Crippen LogP contribution in [0, 0.1) is 0 Å². The fourth-order valence-corrected chi connectivity index (χ4v) is 1.15. The Hall–Kier alpha value is -0.800. The normalized spacial score (nSPS) is 13.4. The average molecular weight is 154 g/mol. The zero-order valence-electron chi connectivity index (χ0n) is 6.67. The molecule has 1 aromatic rings. The van der Waals surface area contributed by atoms with Crippen molar-refractivity contribution >= 4 is 0 Å². The van der Waals surface area contributed by atoms with Crippen LogP contribution in [0.25, 0.3) is 0 Å². The molecule has 0 aromatic carbocycles. The highest BCUT2D eigenvalue weighted by Crippen LogP contribution is 2.16. The Kier molecular flexibility index (Phi) is 2.68. The smallest absolute Gasteiger partial charge is 0.0929 e. The van der Waals surface area contributed by atoms with E-state index < -0.39 is 6.10 Å². The van der Waals surface area contributed by atoms with Crippen molar-refractivity contribution in [1.82, 2.24) is 4.98 Å². The second-order valence-corrected chi connectivity index (χ2v) is 2.54. The Morgan fingerprint density at radius 1 is 1.64 bits per heavy atom. The maximum Gasteiger partial charge on any atom is 0.0929 e. The molecule has 1 unspecified atom stereocenters. The number of hydrogen-bond acceptors (Lipinski definition) is 2. The number of aryl methyl sites for hydroxylation is 1. The number of aliphatic hydroxyl groups is 1. The van der Waals surface area contributed by atoms with Gasteiger partial charge in [-0.3, -0.25) is 0 Å². The number of H-pyrrole nitrogens is 1. The van der Waals surface area contributed by atoms with Gasteiger partial charge in [0.15, 0.2) is 0 Å². The summed E-state index contributed by atoms with van der Waals surface area (Å²) >= 11 is 0. The largest absolute Gasteiger partial charge is 0.387 e. The quantitative estimate of drug-likeness (QED) is 0.596. The van der Waals surface area contributed by atoms with Crippen molar-refractivity contribution in [3.63, 3.8) is 0 Å². The SMILES string of the molecule is CCc1c[nH]cc1C(O)CN. The molecule has 0 amide bonds. The van der Waals surface area contributed by atoms with Crippen LogP contribution in [0.4, 0.5) is 0 Å². The van der Waals surface area contributed by atoms with Crippen LogP contribution in [0.3, 0.4) is 0 Å². The summed E-state index contributed by atoms with van der Waals surface area (Å²) in [5.41, 5.74) is 7.39. The van der Waals surface area contributed by atoms with Gasteiger partial charge in [-0.15, -0.1) is 0 Å². The van der Waals surface area contributed by atoms with E-state index in [-0.39, 0.29) is 6.54 Å². The van der Waals surface area contributed by atoms with E-state index in [1.807, 2.05) is 6.20 Å². The first-order valence-electron chi connectivity index (χ1n) is 3.83. The summed E-state index contributed by atoms with van der Waals surface area (Å²) in [7, 11) is 0. The third-order valence-electron chi connectivity index (χ3n) is 1.83. The van der Waals surface area contributed by atoms with Gasteiger partial charge >= 0.3 is 0 Å². The fraction of sp³-hybridized carbons (Fsp3) is 0.500. The molecule has 1 rings (SSSR count). The van der Waals surface area contributed by atoms with Crippen LogP contribution < -0.4 is 5.73 Å². The lowest BCUT2D eigenvalue weighted by molar-refractivity contribution is 0.186. The van der Waals surface area contributed by atoms with Gasteiger partial charge in [0.05, 0.1) is 6.10 Å². The van der Waals surface area contributed by atoms with E-state index >= 15 is 0 Å². The predicted molar refractivity (Wildman–Crippen MR) is 44.2 cm³/mol. The van der Waals surface area contributed by atoms with Crippen LogP contribution in [0.15, 0.2) is 12.4 Å². The minimum absolute atomic E-state index is 0.283. The molecular weight excluding hydrogens is 140 g/mol. The average Bonchev–Trinajstić information content (AvgIpc) is 2.50. The molecular formula is C8H14N2O. The van der Waals surface area contributed by atoms with E-state index in [4.69, 9.17) is 5.73 Å². The molecule has 0 spiro atoms. The minimum atomic E-state index is -0.517. The molecule has 11 heavy (non-hydrogen) atoms. The molecule has 1 atom stereocenters. The second kappa shape index (κ2) is 3.55. The maximum absolute atomic E-state index is 9.39. The zero-order chi connectivity index (χ0) is 8.27. The second-order valence-electron chi connectivity index (χ2n) is 2.54. The van der Waals surface area contributed by atoms with Crippen molar-refractivity contribution in [3.8, 4) is 0 Å². The molecule has 3 nitrogen and oxygen atoms in total. The first kappa shape index (κ1) is 8.30. The summed E-state index contributed by atoms with van der Waals surface area (Å²) in [6.45, 7) is 2.33. The van der Waals surface area contributed by atoms with E-state index in [0.717, 1.165) is 17.5 Å². The predicted octanol–water partition coefficient (Wildman–Crippen LogP) is 0.569. The van der Waals surface area contributed by atoms with Gasteiger partial charge in [0.1, 0.15) is 0 Å². The number of aliphatic hydroxyl groups excluding tert-OH is 1. The molecule has 4 N–H and O–H groups in total. The molecule has 0 fully saturated rings. The number of aromatic nitrogens is 1. The van der Waals surface area contributed by atoms with Gasteiger partial charge in [0.2, 0.25) is 0 Å². The lowest BCUT2D eigenvalue weighted by atomic mass is 10.1. The topological polar surface area (TPSA) is 62.0 Å². The van der Waals surface area contributed by atoms with Crippen molar-refractivity contribution < 1.29 is 5.11 Å². The van der Waals surface area contributed by atoms with Gasteiger partial charge < -0.3 is 15.8 Å². The van der Waals surface area contributed by atoms with E-state index in [0.29, 0.717) is 0 Å². The lowest BCUT2D eigenvalue weighted by Crippen LogP contribution is -2.12. The lowest BCUT2D eigenvalue weighted by Gasteiger charge is -2.06. The summed E-state index contributed by atoms with van der Waals surface area (Å²) in [4.78, 5) is 2.95. The molecule has 0 aliphatic carbocycles. The molecule has 0 aliphatic rings. The Bertz CT molecular complexity index is 220. The fourth-order valence-electron chi connectivity index (χ4n) is 1.15. The van der Waals surface area contributed by atoms with Gasteiger partial charge in [-0.2, -0.15) is 0 Å². The highest BCUT2D eigenvalue weighted by molar-refractivity contribution is 5.25. The molecule has 3 heteroatoms. The van der Waals surface area contributed by atoms with Crippen molar-refractivity contribution in [2.75, 3.05) is 6.54 Å². The van der Waals surface area contributed by atoms with E-state index in [2.05, 4.69) is 11.9 Å². The number of aromatic amines is 1. The molecule has 0 bridgehead atoms. The minimum Gasteiger partial charge on any atom is -0.387 e. The van der Waals surface area contributed by atoms with Gasteiger partial charge in [0, 0.05) is 24.5 Å². The van der Waals surface area contributed by atoms with E-state index in [1.54, 1.807) is 6.20 Å². The van der Waals surface area contributed by atoms with E-state index in [9.17, 15) is 5.11 Å². The van der Waals surface area contributed by atoms with Gasteiger partial charge in [-0.05, 0) is 12.0 Å². The number of nitrogens with one attached hydrogen (secondary N) is 1. The van der Waals surface area contributed by atoms with Gasteiger partial charge in [-0.25, -0.2) is 0 Å². The third kappa shape index (κ3) is 1.61. The van der Waals surface area contributed by atoms with Crippen LogP contribution in [0.1, 0.15) is 24.2 Å². The number of hydrogen-bond donors (Lipinski definition) is 3. The summed E-state index contributed by atoms with van der Waals surface area (Å²) in [5.74, 6) is 0. The summed E-state index contributed by atoms with van der Waals surface area (Å²) in [5, 5.41) is 9.39. The number of nitrogens with two attached hydrogens (primary N) is 1. The Morgan fingerprint density at radius 2 is 2.36 bits per heavy atom. The zero-order valence-corrected chi connectivity index (χ0v) is 6.67. The first-order chi connectivity index (χ1) is 5.29. The number of rotatable bonds is 3. The standard InChI is InChI=1S/C8H14N2O/c1-2-6-4-10-5-7(6)8(11)3-9/h4-5,8,10-11H,2-3,9H2,1H3. The molecule has 1 heterocycles. The van der Waals surface area contributed by atoms with E-state index in [1.165, 1.54) is 0 Å². The Labute approximate surface area is 66.2 Å². The van der Waals surface area contributed by atoms with Crippen LogP contribution in [-0.4, -0.2) is 16.6 Å². The molecule has 62 valence electrons. The van der Waals surface area contributed by atoms with Crippen molar-refractivity contribution in [2.24, 2.45) is 5.73 Å². The van der Waals surface area contributed by atoms with Gasteiger partial charge in [0.25, 0.3) is 0 Å². The van der Waals surface area contributed by atoms with Crippen LogP contribution >= 0.6 is 0 Å². The van der Waals surface area contributed by atoms with Crippen molar-refractivity contribution in [3.05, 3.63) is 23.5 Å². The molecule has 0 saturated carbocycles. The van der Waals surface area contributed by atoms with Crippen molar-refractivity contribution in [2.45, 2.75) is 19.4 Å². The first-order valence-corrected chi connectivity index (χ1v) is 3.83. The molecule has 0 aliphatic heterocycles. The highest BCUT2D eigenvalue weighted by atomic mass is 16.3. The molecule has 1 aromatic heterocycles. The monoisotopic (exact) mass is 154 g/mol. The Balaban J connectivity index is 2.83. The summed E-state index contributed by atoms with van der Waals surface area (Å²) in [6, 6.07) is 0. The summed E-state index contributed by atoms with van der Waals surface area (Å²) in [6.07, 6.45) is 4.11. The van der Waals surface area contributed by atoms with Crippen LogP contribution in [0.2, 0.25) is 0 Å².